The molecule has 3 nitrogen and oxygen atoms in total. The number of hydrogen-bond donors (Lipinski definition) is 1. The van der Waals surface area contributed by atoms with E-state index in [0.29, 0.717) is 16.0 Å². The molecule has 6 heteroatoms. The van der Waals surface area contributed by atoms with Crippen LogP contribution < -0.4 is 10.5 Å². The highest BCUT2D eigenvalue weighted by atomic mass is 79.9. The minimum atomic E-state index is -0.608. The Morgan fingerprint density at radius 2 is 1.89 bits per heavy atom. The van der Waals surface area contributed by atoms with Gasteiger partial charge < -0.3 is 10.5 Å². The number of halogens is 3. The number of amides is 1. The second kappa shape index (κ2) is 5.71. The second-order valence-electron chi connectivity index (χ2n) is 3.66. The Labute approximate surface area is 125 Å². The van der Waals surface area contributed by atoms with Crippen molar-refractivity contribution in [3.8, 4) is 11.5 Å². The highest BCUT2D eigenvalue weighted by Gasteiger charge is 2.14. The van der Waals surface area contributed by atoms with Crippen molar-refractivity contribution < 1.29 is 13.9 Å². The first-order chi connectivity index (χ1) is 8.99. The van der Waals surface area contributed by atoms with Crippen molar-refractivity contribution in [1.29, 1.82) is 0 Å². The zero-order valence-corrected chi connectivity index (χ0v) is 12.7. The molecule has 2 aromatic rings. The predicted molar refractivity (Wildman–Crippen MR) is 76.8 cm³/mol. The first-order valence-electron chi connectivity index (χ1n) is 5.20. The molecule has 0 aliphatic heterocycles. The van der Waals surface area contributed by atoms with E-state index in [1.807, 2.05) is 0 Å². The zero-order valence-electron chi connectivity index (χ0n) is 9.49. The van der Waals surface area contributed by atoms with Gasteiger partial charge in [0.05, 0.1) is 10.0 Å². The van der Waals surface area contributed by atoms with Gasteiger partial charge in [0, 0.05) is 4.47 Å². The van der Waals surface area contributed by atoms with Gasteiger partial charge in [-0.3, -0.25) is 4.79 Å². The van der Waals surface area contributed by atoms with Crippen LogP contribution in [0.3, 0.4) is 0 Å². The van der Waals surface area contributed by atoms with Crippen LogP contribution in [0, 0.1) is 5.82 Å². The van der Waals surface area contributed by atoms with Crippen LogP contribution in [0.25, 0.3) is 0 Å². The third kappa shape index (κ3) is 3.13. The molecule has 1 amide bonds. The van der Waals surface area contributed by atoms with Gasteiger partial charge in [-0.15, -0.1) is 0 Å². The maximum absolute atomic E-state index is 13.1. The van der Waals surface area contributed by atoms with E-state index in [1.165, 1.54) is 18.2 Å². The van der Waals surface area contributed by atoms with Crippen molar-refractivity contribution >= 4 is 37.8 Å². The van der Waals surface area contributed by atoms with E-state index in [4.69, 9.17) is 10.5 Å². The fraction of sp³-hybridized carbons (Fsp3) is 0. The molecule has 0 aliphatic rings. The molecule has 2 rings (SSSR count). The minimum Gasteiger partial charge on any atom is -0.456 e. The predicted octanol–water partition coefficient (Wildman–Crippen LogP) is 4.24. The smallest absolute Gasteiger partial charge is 0.253 e. The summed E-state index contributed by atoms with van der Waals surface area (Å²) in [6.45, 7) is 0. The van der Waals surface area contributed by atoms with Crippen molar-refractivity contribution in [1.82, 2.24) is 0 Å². The van der Waals surface area contributed by atoms with Crippen molar-refractivity contribution in [2.75, 3.05) is 0 Å². The number of carbonyl (C=O) groups is 1. The van der Waals surface area contributed by atoms with Gasteiger partial charge in [-0.05, 0) is 62.2 Å². The van der Waals surface area contributed by atoms with Crippen LogP contribution in [0.15, 0.2) is 45.3 Å². The van der Waals surface area contributed by atoms with Gasteiger partial charge in [-0.25, -0.2) is 4.39 Å². The molecular weight excluding hydrogens is 381 g/mol. The standard InChI is InChI=1S/C13H8Br2FNO2/c14-8-2-1-3-11(12(8)13(17)18)19-7-4-5-10(16)9(15)6-7/h1-6H,(H2,17,18). The van der Waals surface area contributed by atoms with Crippen LogP contribution in [0.2, 0.25) is 0 Å². The average Bonchev–Trinajstić information content (AvgIpc) is 2.33. The molecule has 0 fully saturated rings. The number of carbonyl (C=O) groups excluding carboxylic acids is 1. The summed E-state index contributed by atoms with van der Waals surface area (Å²) < 4.78 is 19.5. The van der Waals surface area contributed by atoms with Crippen molar-refractivity contribution in [3.05, 3.63) is 56.7 Å². The van der Waals surface area contributed by atoms with E-state index in [-0.39, 0.29) is 10.0 Å². The lowest BCUT2D eigenvalue weighted by molar-refractivity contribution is 0.0997. The van der Waals surface area contributed by atoms with Gasteiger partial charge >= 0.3 is 0 Å². The quantitative estimate of drug-likeness (QED) is 0.854. The third-order valence-electron chi connectivity index (χ3n) is 2.34. The summed E-state index contributed by atoms with van der Waals surface area (Å²) in [5, 5.41) is 0. The summed E-state index contributed by atoms with van der Waals surface area (Å²) in [7, 11) is 0. The molecule has 0 spiro atoms. The Balaban J connectivity index is 2.40. The molecule has 0 heterocycles. The van der Waals surface area contributed by atoms with E-state index in [2.05, 4.69) is 31.9 Å². The van der Waals surface area contributed by atoms with E-state index in [9.17, 15) is 9.18 Å². The van der Waals surface area contributed by atoms with Crippen LogP contribution in [-0.4, -0.2) is 5.91 Å². The zero-order chi connectivity index (χ0) is 14.0. The van der Waals surface area contributed by atoms with E-state index >= 15 is 0 Å². The normalized spacial score (nSPS) is 10.3. The molecule has 0 saturated heterocycles. The summed E-state index contributed by atoms with van der Waals surface area (Å²) in [4.78, 5) is 11.4. The Kier molecular flexibility index (Phi) is 4.21. The molecule has 2 N–H and O–H groups in total. The summed E-state index contributed by atoms with van der Waals surface area (Å²) in [6, 6.07) is 9.22. The lowest BCUT2D eigenvalue weighted by atomic mass is 10.2. The number of nitrogens with two attached hydrogens (primary N) is 1. The van der Waals surface area contributed by atoms with Crippen molar-refractivity contribution in [3.63, 3.8) is 0 Å². The largest absolute Gasteiger partial charge is 0.456 e. The fourth-order valence-electron chi connectivity index (χ4n) is 1.50. The highest BCUT2D eigenvalue weighted by Crippen LogP contribution is 2.31. The summed E-state index contributed by atoms with van der Waals surface area (Å²) in [5.74, 6) is -0.297. The fourth-order valence-corrected chi connectivity index (χ4v) is 2.40. The van der Waals surface area contributed by atoms with Crippen LogP contribution in [0.4, 0.5) is 4.39 Å². The number of ether oxygens (including phenoxy) is 1. The van der Waals surface area contributed by atoms with Crippen molar-refractivity contribution in [2.24, 2.45) is 5.73 Å². The molecule has 0 bridgehead atoms. The Hall–Kier alpha value is -1.40. The van der Waals surface area contributed by atoms with Crippen LogP contribution in [0.5, 0.6) is 11.5 Å². The Morgan fingerprint density at radius 1 is 1.16 bits per heavy atom. The summed E-state index contributed by atoms with van der Waals surface area (Å²) in [6.07, 6.45) is 0. The average molecular weight is 389 g/mol. The molecule has 0 saturated carbocycles. The van der Waals surface area contributed by atoms with Gasteiger partial charge in [0.15, 0.2) is 0 Å². The lowest BCUT2D eigenvalue weighted by Crippen LogP contribution is -2.13. The third-order valence-corrected chi connectivity index (χ3v) is 3.61. The maximum Gasteiger partial charge on any atom is 0.253 e. The lowest BCUT2D eigenvalue weighted by Gasteiger charge is -2.10. The molecule has 0 aromatic heterocycles. The first-order valence-corrected chi connectivity index (χ1v) is 6.79. The van der Waals surface area contributed by atoms with Gasteiger partial charge in [-0.1, -0.05) is 6.07 Å². The maximum atomic E-state index is 13.1. The van der Waals surface area contributed by atoms with Crippen LogP contribution in [-0.2, 0) is 0 Å². The molecule has 0 atom stereocenters. The van der Waals surface area contributed by atoms with Crippen LogP contribution in [0.1, 0.15) is 10.4 Å². The van der Waals surface area contributed by atoms with Gasteiger partial charge in [0.2, 0.25) is 0 Å². The van der Waals surface area contributed by atoms with Gasteiger partial charge in [-0.2, -0.15) is 0 Å². The molecule has 2 aromatic carbocycles. The van der Waals surface area contributed by atoms with Crippen LogP contribution >= 0.6 is 31.9 Å². The Morgan fingerprint density at radius 3 is 2.53 bits per heavy atom. The summed E-state index contributed by atoms with van der Waals surface area (Å²) in [5.41, 5.74) is 5.54. The monoisotopic (exact) mass is 387 g/mol. The molecule has 0 unspecified atom stereocenters. The second-order valence-corrected chi connectivity index (χ2v) is 5.36. The molecule has 98 valence electrons. The molecular formula is C13H8Br2FNO2. The van der Waals surface area contributed by atoms with Gasteiger partial charge in [0.25, 0.3) is 5.91 Å². The summed E-state index contributed by atoms with van der Waals surface area (Å²) >= 11 is 6.30. The number of primary amides is 1. The Bertz CT molecular complexity index is 647. The molecule has 19 heavy (non-hydrogen) atoms. The van der Waals surface area contributed by atoms with Crippen molar-refractivity contribution in [2.45, 2.75) is 0 Å². The van der Waals surface area contributed by atoms with E-state index < -0.39 is 11.7 Å². The molecule has 0 radical (unpaired) electrons. The van der Waals surface area contributed by atoms with E-state index in [1.54, 1.807) is 18.2 Å². The SMILES string of the molecule is NC(=O)c1c(Br)cccc1Oc1ccc(F)c(Br)c1. The number of rotatable bonds is 3. The minimum absolute atomic E-state index is 0.239. The number of benzene rings is 2. The topological polar surface area (TPSA) is 52.3 Å². The van der Waals surface area contributed by atoms with Gasteiger partial charge in [0.1, 0.15) is 17.3 Å². The molecule has 0 aliphatic carbocycles. The number of hydrogen-bond acceptors (Lipinski definition) is 2. The van der Waals surface area contributed by atoms with E-state index in [0.717, 1.165) is 0 Å². The first kappa shape index (κ1) is 14.0. The highest BCUT2D eigenvalue weighted by molar-refractivity contribution is 9.10.